The van der Waals surface area contributed by atoms with Gasteiger partial charge in [-0.2, -0.15) is 0 Å². The molecule has 0 radical (unpaired) electrons. The van der Waals surface area contributed by atoms with Gasteiger partial charge in [-0.3, -0.25) is 9.78 Å². The van der Waals surface area contributed by atoms with Crippen molar-refractivity contribution in [3.8, 4) is 5.75 Å². The third kappa shape index (κ3) is 4.58. The number of rotatable bonds is 6. The Hall–Kier alpha value is -2.86. The molecule has 7 heteroatoms. The van der Waals surface area contributed by atoms with Gasteiger partial charge in [0.1, 0.15) is 11.4 Å². The van der Waals surface area contributed by atoms with Crippen molar-refractivity contribution in [1.29, 1.82) is 0 Å². The molecule has 3 rings (SSSR count). The zero-order valence-corrected chi connectivity index (χ0v) is 14.4. The zero-order valence-electron chi connectivity index (χ0n) is 13.6. The van der Waals surface area contributed by atoms with E-state index in [2.05, 4.69) is 20.5 Å². The van der Waals surface area contributed by atoms with Gasteiger partial charge in [0.2, 0.25) is 5.95 Å². The first kappa shape index (κ1) is 17.0. The standard InChI is InChI=1S/C18H17ClN4O2/c1-25-15-8-4-12(5-9-15)10-16-17(24)21-18(23-22-16)20-11-13-2-6-14(19)7-3-13/h2-9H,10-11H2,1H3,(H2,20,21,23,24). The van der Waals surface area contributed by atoms with Gasteiger partial charge in [0.15, 0.2) is 0 Å². The molecule has 0 saturated carbocycles. The highest BCUT2D eigenvalue weighted by Gasteiger charge is 2.06. The number of ether oxygens (including phenoxy) is 1. The fourth-order valence-corrected chi connectivity index (χ4v) is 2.41. The van der Waals surface area contributed by atoms with Crippen LogP contribution in [0.25, 0.3) is 0 Å². The SMILES string of the molecule is COc1ccc(Cc2nnc(NCc3ccc(Cl)cc3)[nH]c2=O)cc1. The topological polar surface area (TPSA) is 79.9 Å². The number of methoxy groups -OCH3 is 1. The van der Waals surface area contributed by atoms with Crippen molar-refractivity contribution in [3.05, 3.63) is 80.7 Å². The lowest BCUT2D eigenvalue weighted by atomic mass is 10.1. The number of halogens is 1. The van der Waals surface area contributed by atoms with Crippen LogP contribution in [0.2, 0.25) is 5.02 Å². The van der Waals surface area contributed by atoms with Gasteiger partial charge in [0.25, 0.3) is 5.56 Å². The van der Waals surface area contributed by atoms with Crippen LogP contribution in [0.4, 0.5) is 5.95 Å². The number of aromatic nitrogens is 3. The molecule has 0 spiro atoms. The molecule has 1 aromatic heterocycles. The largest absolute Gasteiger partial charge is 0.497 e. The fourth-order valence-electron chi connectivity index (χ4n) is 2.28. The molecule has 2 N–H and O–H groups in total. The smallest absolute Gasteiger partial charge is 0.274 e. The van der Waals surface area contributed by atoms with E-state index in [9.17, 15) is 4.79 Å². The van der Waals surface area contributed by atoms with Crippen molar-refractivity contribution in [2.75, 3.05) is 12.4 Å². The van der Waals surface area contributed by atoms with E-state index in [1.807, 2.05) is 48.5 Å². The van der Waals surface area contributed by atoms with Crippen LogP contribution < -0.4 is 15.6 Å². The van der Waals surface area contributed by atoms with Crippen LogP contribution in [0.3, 0.4) is 0 Å². The Morgan fingerprint density at radius 3 is 2.36 bits per heavy atom. The Morgan fingerprint density at radius 1 is 1.04 bits per heavy atom. The van der Waals surface area contributed by atoms with Crippen LogP contribution >= 0.6 is 11.6 Å². The normalized spacial score (nSPS) is 10.5. The minimum Gasteiger partial charge on any atom is -0.497 e. The number of H-pyrrole nitrogens is 1. The Morgan fingerprint density at radius 2 is 1.72 bits per heavy atom. The highest BCUT2D eigenvalue weighted by atomic mass is 35.5. The monoisotopic (exact) mass is 356 g/mol. The molecular formula is C18H17ClN4O2. The predicted octanol–water partition coefficient (Wildman–Crippen LogP) is 3.03. The van der Waals surface area contributed by atoms with Gasteiger partial charge in [-0.25, -0.2) is 0 Å². The third-order valence-electron chi connectivity index (χ3n) is 3.67. The first-order valence-electron chi connectivity index (χ1n) is 7.71. The molecule has 0 bridgehead atoms. The van der Waals surface area contributed by atoms with Crippen LogP contribution in [0.1, 0.15) is 16.8 Å². The van der Waals surface area contributed by atoms with E-state index in [1.165, 1.54) is 0 Å². The Bertz CT molecular complexity index is 892. The molecule has 0 aliphatic heterocycles. The molecule has 0 aliphatic rings. The first-order chi connectivity index (χ1) is 12.1. The molecule has 0 fully saturated rings. The number of hydrogen-bond acceptors (Lipinski definition) is 5. The Labute approximate surface area is 149 Å². The van der Waals surface area contributed by atoms with Gasteiger partial charge in [-0.1, -0.05) is 35.9 Å². The highest BCUT2D eigenvalue weighted by molar-refractivity contribution is 6.30. The average Bonchev–Trinajstić information content (AvgIpc) is 2.64. The lowest BCUT2D eigenvalue weighted by Crippen LogP contribution is -2.19. The summed E-state index contributed by atoms with van der Waals surface area (Å²) in [7, 11) is 1.61. The lowest BCUT2D eigenvalue weighted by molar-refractivity contribution is 0.414. The summed E-state index contributed by atoms with van der Waals surface area (Å²) in [6.07, 6.45) is 0.407. The molecule has 2 aromatic carbocycles. The molecular weight excluding hydrogens is 340 g/mol. The number of anilines is 1. The summed E-state index contributed by atoms with van der Waals surface area (Å²) in [5.41, 5.74) is 2.09. The summed E-state index contributed by atoms with van der Waals surface area (Å²) in [5.74, 6) is 1.10. The van der Waals surface area contributed by atoms with E-state index < -0.39 is 0 Å². The highest BCUT2D eigenvalue weighted by Crippen LogP contribution is 2.13. The van der Waals surface area contributed by atoms with Crippen molar-refractivity contribution in [2.45, 2.75) is 13.0 Å². The molecule has 0 aliphatic carbocycles. The second kappa shape index (κ2) is 7.81. The molecule has 25 heavy (non-hydrogen) atoms. The van der Waals surface area contributed by atoms with Crippen molar-refractivity contribution in [1.82, 2.24) is 15.2 Å². The molecule has 3 aromatic rings. The van der Waals surface area contributed by atoms with Crippen molar-refractivity contribution in [3.63, 3.8) is 0 Å². The van der Waals surface area contributed by atoms with Crippen LogP contribution in [0.5, 0.6) is 5.75 Å². The molecule has 0 unspecified atom stereocenters. The quantitative estimate of drug-likeness (QED) is 0.709. The summed E-state index contributed by atoms with van der Waals surface area (Å²) in [6.45, 7) is 0.514. The van der Waals surface area contributed by atoms with Gasteiger partial charge in [-0.15, -0.1) is 10.2 Å². The van der Waals surface area contributed by atoms with Gasteiger partial charge in [0.05, 0.1) is 7.11 Å². The maximum Gasteiger partial charge on any atom is 0.274 e. The summed E-state index contributed by atoms with van der Waals surface area (Å²) >= 11 is 5.85. The Balaban J connectivity index is 1.65. The molecule has 0 saturated heterocycles. The van der Waals surface area contributed by atoms with E-state index in [0.29, 0.717) is 29.6 Å². The lowest BCUT2D eigenvalue weighted by Gasteiger charge is -2.06. The third-order valence-corrected chi connectivity index (χ3v) is 3.92. The molecule has 1 heterocycles. The minimum absolute atomic E-state index is 0.260. The van der Waals surface area contributed by atoms with Gasteiger partial charge in [0, 0.05) is 18.0 Å². The number of hydrogen-bond donors (Lipinski definition) is 2. The summed E-state index contributed by atoms with van der Waals surface area (Å²) in [6, 6.07) is 14.9. The number of nitrogens with one attached hydrogen (secondary N) is 2. The van der Waals surface area contributed by atoms with Crippen LogP contribution in [-0.4, -0.2) is 22.3 Å². The second-order valence-electron chi connectivity index (χ2n) is 5.45. The van der Waals surface area contributed by atoms with E-state index in [4.69, 9.17) is 16.3 Å². The second-order valence-corrected chi connectivity index (χ2v) is 5.89. The average molecular weight is 357 g/mol. The zero-order chi connectivity index (χ0) is 17.6. The van der Waals surface area contributed by atoms with Gasteiger partial charge >= 0.3 is 0 Å². The van der Waals surface area contributed by atoms with Crippen molar-refractivity contribution in [2.24, 2.45) is 0 Å². The van der Waals surface area contributed by atoms with Crippen molar-refractivity contribution < 1.29 is 4.74 Å². The number of nitrogens with zero attached hydrogens (tertiary/aromatic N) is 2. The fraction of sp³-hybridized carbons (Fsp3) is 0.167. The van der Waals surface area contributed by atoms with Crippen LogP contribution in [-0.2, 0) is 13.0 Å². The van der Waals surface area contributed by atoms with Crippen molar-refractivity contribution >= 4 is 17.5 Å². The van der Waals surface area contributed by atoms with E-state index in [1.54, 1.807) is 7.11 Å². The first-order valence-corrected chi connectivity index (χ1v) is 8.09. The molecule has 128 valence electrons. The minimum atomic E-state index is -0.260. The summed E-state index contributed by atoms with van der Waals surface area (Å²) in [4.78, 5) is 14.9. The van der Waals surface area contributed by atoms with E-state index >= 15 is 0 Å². The maximum absolute atomic E-state index is 12.2. The van der Waals surface area contributed by atoms with Gasteiger partial charge in [-0.05, 0) is 35.4 Å². The molecule has 0 amide bonds. The summed E-state index contributed by atoms with van der Waals surface area (Å²) < 4.78 is 5.12. The molecule has 0 atom stereocenters. The number of benzene rings is 2. The molecule has 6 nitrogen and oxygen atoms in total. The van der Waals surface area contributed by atoms with E-state index in [-0.39, 0.29) is 5.56 Å². The van der Waals surface area contributed by atoms with Crippen LogP contribution in [0.15, 0.2) is 53.3 Å². The van der Waals surface area contributed by atoms with E-state index in [0.717, 1.165) is 16.9 Å². The predicted molar refractivity (Wildman–Crippen MR) is 97.2 cm³/mol. The maximum atomic E-state index is 12.2. The van der Waals surface area contributed by atoms with Gasteiger partial charge < -0.3 is 10.1 Å². The Kier molecular flexibility index (Phi) is 5.30. The van der Waals surface area contributed by atoms with Crippen LogP contribution in [0, 0.1) is 0 Å². The summed E-state index contributed by atoms with van der Waals surface area (Å²) in [5, 5.41) is 11.8. The number of aromatic amines is 1.